The zero-order valence-electron chi connectivity index (χ0n) is 15.8. The minimum atomic E-state index is -0.670. The van der Waals surface area contributed by atoms with Gasteiger partial charge in [-0.3, -0.25) is 9.69 Å². The number of hydrogen-bond donors (Lipinski definition) is 2. The number of thiazole rings is 1. The van der Waals surface area contributed by atoms with E-state index in [1.807, 2.05) is 36.4 Å². The predicted octanol–water partition coefficient (Wildman–Crippen LogP) is 4.87. The molecule has 6 nitrogen and oxygen atoms in total. The van der Waals surface area contributed by atoms with E-state index in [4.69, 9.17) is 9.84 Å². The van der Waals surface area contributed by atoms with Gasteiger partial charge in [-0.25, -0.2) is 4.98 Å². The van der Waals surface area contributed by atoms with Crippen LogP contribution < -0.4 is 4.74 Å². The fraction of sp³-hybridized carbons (Fsp3) is 0.273. The predicted molar refractivity (Wildman–Crippen MR) is 114 cm³/mol. The van der Waals surface area contributed by atoms with Crippen molar-refractivity contribution >= 4 is 38.4 Å². The van der Waals surface area contributed by atoms with Gasteiger partial charge in [0.05, 0.1) is 16.1 Å². The lowest BCUT2D eigenvalue weighted by molar-refractivity contribution is -0.143. The maximum absolute atomic E-state index is 11.1. The van der Waals surface area contributed by atoms with Gasteiger partial charge in [0.25, 0.3) is 5.19 Å². The molecule has 0 saturated carbocycles. The number of nitrogens with zero attached hydrogens (tertiary/aromatic N) is 2. The van der Waals surface area contributed by atoms with Crippen molar-refractivity contribution in [2.24, 2.45) is 5.92 Å². The Kier molecular flexibility index (Phi) is 4.69. The summed E-state index contributed by atoms with van der Waals surface area (Å²) < 4.78 is 7.09. The average Bonchev–Trinajstić information content (AvgIpc) is 3.30. The molecule has 1 saturated heterocycles. The van der Waals surface area contributed by atoms with E-state index < -0.39 is 5.97 Å². The van der Waals surface area contributed by atoms with Crippen molar-refractivity contribution in [3.63, 3.8) is 0 Å². The molecule has 1 fully saturated rings. The van der Waals surface area contributed by atoms with Gasteiger partial charge in [-0.05, 0) is 61.6 Å². The molecule has 1 aliphatic rings. The number of nitrogens with one attached hydrogen (secondary N) is 1. The fourth-order valence-electron chi connectivity index (χ4n) is 3.89. The molecular formula is C22H21N3O3S. The van der Waals surface area contributed by atoms with E-state index >= 15 is 0 Å². The number of piperidine rings is 1. The number of carboxylic acids is 1. The first kappa shape index (κ1) is 18.1. The molecule has 5 rings (SSSR count). The number of aliphatic carboxylic acids is 1. The van der Waals surface area contributed by atoms with Gasteiger partial charge < -0.3 is 14.8 Å². The Bertz CT molecular complexity index is 1140. The summed E-state index contributed by atoms with van der Waals surface area (Å²) >= 11 is 1.54. The second-order valence-corrected chi connectivity index (χ2v) is 8.48. The fourth-order valence-corrected chi connectivity index (χ4v) is 4.72. The van der Waals surface area contributed by atoms with Crippen molar-refractivity contribution in [2.75, 3.05) is 13.1 Å². The first-order valence-corrected chi connectivity index (χ1v) is 10.6. The van der Waals surface area contributed by atoms with Crippen molar-refractivity contribution in [1.29, 1.82) is 0 Å². The number of para-hydroxylation sites is 1. The summed E-state index contributed by atoms with van der Waals surface area (Å²) in [7, 11) is 0. The van der Waals surface area contributed by atoms with E-state index in [1.54, 1.807) is 0 Å². The first-order valence-electron chi connectivity index (χ1n) is 9.74. The first-order chi connectivity index (χ1) is 14.1. The van der Waals surface area contributed by atoms with Crippen LogP contribution in [-0.4, -0.2) is 39.0 Å². The lowest BCUT2D eigenvalue weighted by atomic mass is 9.97. The van der Waals surface area contributed by atoms with Crippen LogP contribution in [0.3, 0.4) is 0 Å². The van der Waals surface area contributed by atoms with Gasteiger partial charge in [-0.15, -0.1) is 0 Å². The lowest BCUT2D eigenvalue weighted by Gasteiger charge is -2.29. The zero-order chi connectivity index (χ0) is 19.8. The number of carbonyl (C=O) groups is 1. The van der Waals surface area contributed by atoms with Crippen LogP contribution in [0, 0.1) is 5.92 Å². The van der Waals surface area contributed by atoms with E-state index in [-0.39, 0.29) is 5.92 Å². The smallest absolute Gasteiger partial charge is 0.306 e. The molecule has 29 heavy (non-hydrogen) atoms. The van der Waals surface area contributed by atoms with Gasteiger partial charge in [0.1, 0.15) is 5.75 Å². The number of ether oxygens (including phenoxy) is 1. The van der Waals surface area contributed by atoms with Crippen LogP contribution in [0.4, 0.5) is 0 Å². The number of hydrogen-bond acceptors (Lipinski definition) is 5. The zero-order valence-corrected chi connectivity index (χ0v) is 16.6. The Morgan fingerprint density at radius 1 is 1.21 bits per heavy atom. The highest BCUT2D eigenvalue weighted by Gasteiger charge is 2.24. The molecular weight excluding hydrogens is 386 g/mol. The van der Waals surface area contributed by atoms with Gasteiger partial charge in [-0.2, -0.15) is 0 Å². The highest BCUT2D eigenvalue weighted by molar-refractivity contribution is 7.20. The summed E-state index contributed by atoms with van der Waals surface area (Å²) in [5, 5.41) is 10.9. The Morgan fingerprint density at radius 3 is 2.83 bits per heavy atom. The third kappa shape index (κ3) is 3.83. The summed E-state index contributed by atoms with van der Waals surface area (Å²) in [5.74, 6) is -0.112. The monoisotopic (exact) mass is 407 g/mol. The molecule has 4 aromatic rings. The molecule has 7 heteroatoms. The summed E-state index contributed by atoms with van der Waals surface area (Å²) in [5.41, 5.74) is 3.10. The van der Waals surface area contributed by atoms with Crippen molar-refractivity contribution in [2.45, 2.75) is 19.4 Å². The topological polar surface area (TPSA) is 78.4 Å². The summed E-state index contributed by atoms with van der Waals surface area (Å²) in [6.07, 6.45) is 1.44. The number of benzene rings is 2. The van der Waals surface area contributed by atoms with Crippen LogP contribution in [0.1, 0.15) is 18.5 Å². The largest absolute Gasteiger partial charge is 0.481 e. The van der Waals surface area contributed by atoms with Crippen LogP contribution in [-0.2, 0) is 11.3 Å². The molecule has 3 heterocycles. The number of carboxylic acid groups (broad SMARTS) is 1. The van der Waals surface area contributed by atoms with Gasteiger partial charge in [-0.1, -0.05) is 23.5 Å². The van der Waals surface area contributed by atoms with Gasteiger partial charge >= 0.3 is 5.97 Å². The molecule has 2 aromatic carbocycles. The molecule has 2 aromatic heterocycles. The normalized spacial score (nSPS) is 15.9. The second-order valence-electron chi connectivity index (χ2n) is 7.48. The van der Waals surface area contributed by atoms with Crippen molar-refractivity contribution in [1.82, 2.24) is 14.9 Å². The van der Waals surface area contributed by atoms with Crippen molar-refractivity contribution < 1.29 is 14.6 Å². The van der Waals surface area contributed by atoms with E-state index in [2.05, 4.69) is 27.0 Å². The second kappa shape index (κ2) is 7.50. The standard InChI is InChI=1S/C22H21N3O3S/c26-21(27)14-7-9-25(10-8-14)13-16-11-15-5-6-17(12-19(15)23-16)28-22-24-18-3-1-2-4-20(18)29-22/h1-6,11-12,14,23H,7-10,13H2,(H,26,27). The number of likely N-dealkylation sites (tertiary alicyclic amines) is 1. The Balaban J connectivity index is 1.29. The van der Waals surface area contributed by atoms with Crippen molar-refractivity contribution in [3.05, 3.63) is 54.2 Å². The van der Waals surface area contributed by atoms with E-state index in [0.29, 0.717) is 5.19 Å². The van der Waals surface area contributed by atoms with E-state index in [9.17, 15) is 4.79 Å². The molecule has 0 amide bonds. The Morgan fingerprint density at radius 2 is 2.03 bits per heavy atom. The van der Waals surface area contributed by atoms with E-state index in [1.165, 1.54) is 11.3 Å². The van der Waals surface area contributed by atoms with Gasteiger partial charge in [0, 0.05) is 23.8 Å². The maximum atomic E-state index is 11.1. The number of aromatic amines is 1. The molecule has 0 bridgehead atoms. The van der Waals surface area contributed by atoms with Gasteiger partial charge in [0.2, 0.25) is 0 Å². The highest BCUT2D eigenvalue weighted by Crippen LogP contribution is 2.32. The molecule has 1 aliphatic heterocycles. The lowest BCUT2D eigenvalue weighted by Crippen LogP contribution is -2.35. The minimum Gasteiger partial charge on any atom is -0.481 e. The third-order valence-electron chi connectivity index (χ3n) is 5.46. The number of rotatable bonds is 5. The molecule has 0 aliphatic carbocycles. The minimum absolute atomic E-state index is 0.198. The molecule has 2 N–H and O–H groups in total. The average molecular weight is 407 g/mol. The summed E-state index contributed by atoms with van der Waals surface area (Å²) in [6, 6.07) is 16.2. The van der Waals surface area contributed by atoms with Crippen LogP contribution in [0.2, 0.25) is 0 Å². The molecule has 0 radical (unpaired) electrons. The number of fused-ring (bicyclic) bond motifs is 2. The maximum Gasteiger partial charge on any atom is 0.306 e. The van der Waals surface area contributed by atoms with Gasteiger partial charge in [0.15, 0.2) is 0 Å². The quantitative estimate of drug-likeness (QED) is 0.494. The molecule has 148 valence electrons. The van der Waals surface area contributed by atoms with Crippen molar-refractivity contribution in [3.8, 4) is 10.9 Å². The van der Waals surface area contributed by atoms with Crippen LogP contribution in [0.15, 0.2) is 48.5 Å². The Labute approximate surface area is 171 Å². The third-order valence-corrected chi connectivity index (χ3v) is 6.37. The van der Waals surface area contributed by atoms with E-state index in [0.717, 1.165) is 65.0 Å². The molecule has 0 unspecified atom stereocenters. The summed E-state index contributed by atoms with van der Waals surface area (Å²) in [6.45, 7) is 2.44. The molecule has 0 atom stereocenters. The number of H-pyrrole nitrogens is 1. The molecule has 0 spiro atoms. The van der Waals surface area contributed by atoms with Crippen LogP contribution in [0.25, 0.3) is 21.1 Å². The van der Waals surface area contributed by atoms with Crippen LogP contribution >= 0.6 is 11.3 Å². The number of aromatic nitrogens is 2. The highest BCUT2D eigenvalue weighted by atomic mass is 32.1. The summed E-state index contributed by atoms with van der Waals surface area (Å²) in [4.78, 5) is 21.4. The SMILES string of the molecule is O=C(O)C1CCN(Cc2cc3ccc(Oc4nc5ccccc5s4)cc3[nH]2)CC1. The Hall–Kier alpha value is -2.90. The van der Waals surface area contributed by atoms with Crippen LogP contribution in [0.5, 0.6) is 10.9 Å².